The lowest BCUT2D eigenvalue weighted by molar-refractivity contribution is -0.0222. The van der Waals surface area contributed by atoms with Crippen molar-refractivity contribution in [3.63, 3.8) is 0 Å². The molecule has 1 fully saturated rings. The Balaban J connectivity index is 1.80. The molecule has 1 heterocycles. The van der Waals surface area contributed by atoms with Crippen LogP contribution in [0.2, 0.25) is 0 Å². The maximum Gasteiger partial charge on any atom is 0.0797 e. The average molecular weight is 282 g/mol. The number of aromatic nitrogens is 1. The Hall–Kier alpha value is -0.450. The third-order valence-electron chi connectivity index (χ3n) is 4.42. The Morgan fingerprint density at radius 3 is 2.95 bits per heavy atom. The molecule has 0 spiro atoms. The molecule has 1 aromatic heterocycles. The van der Waals surface area contributed by atoms with E-state index in [1.54, 1.807) is 11.3 Å². The van der Waals surface area contributed by atoms with Crippen LogP contribution >= 0.6 is 11.3 Å². The van der Waals surface area contributed by atoms with E-state index in [-0.39, 0.29) is 0 Å². The van der Waals surface area contributed by atoms with Crippen LogP contribution in [0.4, 0.5) is 0 Å². The lowest BCUT2D eigenvalue weighted by Crippen LogP contribution is -2.36. The molecular weight excluding hydrogens is 256 g/mol. The van der Waals surface area contributed by atoms with Crippen LogP contribution < -0.4 is 5.73 Å². The van der Waals surface area contributed by atoms with Gasteiger partial charge in [-0.25, -0.2) is 4.98 Å². The molecule has 0 aromatic carbocycles. The van der Waals surface area contributed by atoms with Crippen molar-refractivity contribution in [1.82, 2.24) is 4.98 Å². The monoisotopic (exact) mass is 282 g/mol. The van der Waals surface area contributed by atoms with Crippen molar-refractivity contribution in [2.24, 2.45) is 17.6 Å². The van der Waals surface area contributed by atoms with Gasteiger partial charge in [0.15, 0.2) is 0 Å². The third-order valence-corrected chi connectivity index (χ3v) is 5.42. The van der Waals surface area contributed by atoms with Crippen LogP contribution in [0, 0.1) is 18.8 Å². The zero-order valence-corrected chi connectivity index (χ0v) is 12.9. The van der Waals surface area contributed by atoms with Crippen LogP contribution in [0.15, 0.2) is 5.51 Å². The highest BCUT2D eigenvalue weighted by Gasteiger charge is 2.29. The number of aryl methyl sites for hydroxylation is 1. The van der Waals surface area contributed by atoms with Gasteiger partial charge in [-0.05, 0) is 44.6 Å². The van der Waals surface area contributed by atoms with Gasteiger partial charge in [0.2, 0.25) is 0 Å². The molecular formula is C15H26N2OS. The molecule has 0 saturated heterocycles. The van der Waals surface area contributed by atoms with Gasteiger partial charge < -0.3 is 10.5 Å². The van der Waals surface area contributed by atoms with E-state index in [1.807, 2.05) is 5.51 Å². The fourth-order valence-electron chi connectivity index (χ4n) is 2.99. The molecule has 1 aliphatic carbocycles. The van der Waals surface area contributed by atoms with Crippen LogP contribution in [0.1, 0.15) is 43.2 Å². The first-order valence-electron chi connectivity index (χ1n) is 7.45. The van der Waals surface area contributed by atoms with Crippen molar-refractivity contribution in [2.45, 2.75) is 52.1 Å². The van der Waals surface area contributed by atoms with Gasteiger partial charge in [0, 0.05) is 11.3 Å². The zero-order valence-electron chi connectivity index (χ0n) is 12.1. The summed E-state index contributed by atoms with van der Waals surface area (Å²) in [5.41, 5.74) is 8.95. The zero-order chi connectivity index (χ0) is 13.7. The molecule has 1 aromatic rings. The SMILES string of the molecule is CCC1CCC(CN)C(OCCc2scnc2C)C1. The maximum absolute atomic E-state index is 6.15. The van der Waals surface area contributed by atoms with Crippen molar-refractivity contribution in [1.29, 1.82) is 0 Å². The van der Waals surface area contributed by atoms with Gasteiger partial charge in [-0.1, -0.05) is 13.3 Å². The van der Waals surface area contributed by atoms with Gasteiger partial charge >= 0.3 is 0 Å². The fraction of sp³-hybridized carbons (Fsp3) is 0.800. The van der Waals surface area contributed by atoms with Gasteiger partial charge in [-0.3, -0.25) is 0 Å². The van der Waals surface area contributed by atoms with Crippen molar-refractivity contribution in [3.8, 4) is 0 Å². The highest BCUT2D eigenvalue weighted by Crippen LogP contribution is 2.32. The van der Waals surface area contributed by atoms with Crippen LogP contribution in [-0.4, -0.2) is 24.2 Å². The minimum Gasteiger partial charge on any atom is -0.377 e. The summed E-state index contributed by atoms with van der Waals surface area (Å²) in [6.45, 7) is 5.93. The van der Waals surface area contributed by atoms with Gasteiger partial charge in [0.05, 0.1) is 23.9 Å². The molecule has 0 aliphatic heterocycles. The standard InChI is InChI=1S/C15H26N2OS/c1-3-12-4-5-13(9-16)14(8-12)18-7-6-15-11(2)17-10-19-15/h10,12-14H,3-9,16H2,1-2H3. The molecule has 0 amide bonds. The second-order valence-electron chi connectivity index (χ2n) is 5.60. The smallest absolute Gasteiger partial charge is 0.0797 e. The Bertz CT molecular complexity index is 380. The minimum absolute atomic E-state index is 0.372. The summed E-state index contributed by atoms with van der Waals surface area (Å²) in [6.07, 6.45) is 6.38. The molecule has 3 atom stereocenters. The number of thiazole rings is 1. The summed E-state index contributed by atoms with van der Waals surface area (Å²) in [6, 6.07) is 0. The highest BCUT2D eigenvalue weighted by atomic mass is 32.1. The van der Waals surface area contributed by atoms with Crippen molar-refractivity contribution >= 4 is 11.3 Å². The number of hydrogen-bond donors (Lipinski definition) is 1. The van der Waals surface area contributed by atoms with E-state index in [0.29, 0.717) is 12.0 Å². The molecule has 1 saturated carbocycles. The number of nitrogens with two attached hydrogens (primary N) is 1. The summed E-state index contributed by atoms with van der Waals surface area (Å²) in [5, 5.41) is 0. The Morgan fingerprint density at radius 2 is 2.32 bits per heavy atom. The molecule has 1 aliphatic rings. The van der Waals surface area contributed by atoms with E-state index < -0.39 is 0 Å². The molecule has 108 valence electrons. The first kappa shape index (κ1) is 14.9. The molecule has 0 radical (unpaired) electrons. The largest absolute Gasteiger partial charge is 0.377 e. The van der Waals surface area contributed by atoms with Gasteiger partial charge in [-0.2, -0.15) is 0 Å². The quantitative estimate of drug-likeness (QED) is 0.872. The molecule has 19 heavy (non-hydrogen) atoms. The van der Waals surface area contributed by atoms with Crippen LogP contribution in [0.3, 0.4) is 0 Å². The molecule has 3 nitrogen and oxygen atoms in total. The summed E-state index contributed by atoms with van der Waals surface area (Å²) < 4.78 is 6.15. The summed E-state index contributed by atoms with van der Waals surface area (Å²) >= 11 is 1.73. The summed E-state index contributed by atoms with van der Waals surface area (Å²) in [7, 11) is 0. The van der Waals surface area contributed by atoms with Gasteiger partial charge in [0.25, 0.3) is 0 Å². The third kappa shape index (κ3) is 4.01. The van der Waals surface area contributed by atoms with Gasteiger partial charge in [0.1, 0.15) is 0 Å². The van der Waals surface area contributed by atoms with Gasteiger partial charge in [-0.15, -0.1) is 11.3 Å². The molecule has 2 rings (SSSR count). The Labute approximate surface area is 120 Å². The number of nitrogens with zero attached hydrogens (tertiary/aromatic N) is 1. The second-order valence-corrected chi connectivity index (χ2v) is 6.54. The predicted molar refractivity (Wildman–Crippen MR) is 80.5 cm³/mol. The van der Waals surface area contributed by atoms with Crippen molar-refractivity contribution < 1.29 is 4.74 Å². The van der Waals surface area contributed by atoms with E-state index in [0.717, 1.165) is 31.2 Å². The maximum atomic E-state index is 6.15. The number of rotatable bonds is 6. The van der Waals surface area contributed by atoms with E-state index in [4.69, 9.17) is 10.5 Å². The lowest BCUT2D eigenvalue weighted by atomic mass is 9.78. The van der Waals surface area contributed by atoms with Crippen molar-refractivity contribution in [3.05, 3.63) is 16.1 Å². The minimum atomic E-state index is 0.372. The topological polar surface area (TPSA) is 48.1 Å². The predicted octanol–water partition coefficient (Wildman–Crippen LogP) is 3.16. The number of ether oxygens (including phenoxy) is 1. The highest BCUT2D eigenvalue weighted by molar-refractivity contribution is 7.09. The Kier molecular flexibility index (Phi) is 5.79. The second kappa shape index (κ2) is 7.36. The molecule has 4 heteroatoms. The molecule has 0 bridgehead atoms. The van der Waals surface area contributed by atoms with Crippen LogP contribution in [0.5, 0.6) is 0 Å². The molecule has 2 N–H and O–H groups in total. The van der Waals surface area contributed by atoms with Crippen molar-refractivity contribution in [2.75, 3.05) is 13.2 Å². The number of hydrogen-bond acceptors (Lipinski definition) is 4. The fourth-order valence-corrected chi connectivity index (χ4v) is 3.75. The summed E-state index contributed by atoms with van der Waals surface area (Å²) in [4.78, 5) is 5.64. The van der Waals surface area contributed by atoms with E-state index in [9.17, 15) is 0 Å². The van der Waals surface area contributed by atoms with E-state index in [2.05, 4.69) is 18.8 Å². The van der Waals surface area contributed by atoms with E-state index in [1.165, 1.54) is 30.6 Å². The average Bonchev–Trinajstić information content (AvgIpc) is 2.84. The Morgan fingerprint density at radius 1 is 1.47 bits per heavy atom. The van der Waals surface area contributed by atoms with Crippen LogP contribution in [0.25, 0.3) is 0 Å². The first-order valence-corrected chi connectivity index (χ1v) is 8.33. The van der Waals surface area contributed by atoms with Crippen LogP contribution in [-0.2, 0) is 11.2 Å². The molecule has 3 unspecified atom stereocenters. The van der Waals surface area contributed by atoms with E-state index >= 15 is 0 Å². The lowest BCUT2D eigenvalue weighted by Gasteiger charge is -2.35. The first-order chi connectivity index (χ1) is 9.24. The summed E-state index contributed by atoms with van der Waals surface area (Å²) in [5.74, 6) is 1.39. The normalized spacial score (nSPS) is 27.6.